The summed E-state index contributed by atoms with van der Waals surface area (Å²) in [4.78, 5) is 19.1. The van der Waals surface area contributed by atoms with E-state index in [1.54, 1.807) is 6.33 Å². The molecule has 4 fully saturated rings. The quantitative estimate of drug-likeness (QED) is 0.850. The molecule has 0 radical (unpaired) electrons. The van der Waals surface area contributed by atoms with E-state index in [2.05, 4.69) is 9.97 Å². The molecular weight excluding hydrogens is 238 g/mol. The maximum Gasteiger partial charge on any atom is 0.255 e. The van der Waals surface area contributed by atoms with Crippen molar-refractivity contribution in [1.82, 2.24) is 9.97 Å². The lowest BCUT2D eigenvalue weighted by Gasteiger charge is -2.54. The predicted octanol–water partition coefficient (Wildman–Crippen LogP) is 1.77. The van der Waals surface area contributed by atoms with Gasteiger partial charge < -0.3 is 10.7 Å². The molecule has 0 atom stereocenters. The first-order chi connectivity index (χ1) is 9.26. The summed E-state index contributed by atoms with van der Waals surface area (Å²) in [5.74, 6) is 3.88. The monoisotopic (exact) mass is 259 g/mol. The molecular formula is C15H21N3O. The Hall–Kier alpha value is -1.16. The molecule has 3 N–H and O–H groups in total. The van der Waals surface area contributed by atoms with Crippen molar-refractivity contribution in [2.45, 2.75) is 44.6 Å². The molecule has 4 aliphatic carbocycles. The van der Waals surface area contributed by atoms with Crippen LogP contribution in [0, 0.1) is 23.7 Å². The van der Waals surface area contributed by atoms with Crippen molar-refractivity contribution >= 4 is 0 Å². The van der Waals surface area contributed by atoms with Gasteiger partial charge in [-0.1, -0.05) is 0 Å². The molecule has 0 spiro atoms. The molecule has 0 aromatic carbocycles. The third-order valence-corrected chi connectivity index (χ3v) is 5.73. The summed E-state index contributed by atoms with van der Waals surface area (Å²) in [7, 11) is 0. The summed E-state index contributed by atoms with van der Waals surface area (Å²) in [6, 6.07) is 0. The van der Waals surface area contributed by atoms with Crippen LogP contribution in [0.2, 0.25) is 0 Å². The molecule has 0 unspecified atom stereocenters. The molecule has 4 aliphatic rings. The molecule has 1 heterocycles. The van der Waals surface area contributed by atoms with Crippen LogP contribution in [-0.2, 0) is 6.54 Å². The van der Waals surface area contributed by atoms with Crippen LogP contribution in [0.3, 0.4) is 0 Å². The Morgan fingerprint density at radius 1 is 1.16 bits per heavy atom. The van der Waals surface area contributed by atoms with Gasteiger partial charge in [0.25, 0.3) is 5.56 Å². The standard InChI is InChI=1S/C15H21N3O/c16-6-12-14(17-7-18-15(12)19)13-10-2-8-1-9(4-10)5-11(13)3-8/h7-11,13H,1-6,16H2,(H,17,18,19). The highest BCUT2D eigenvalue weighted by atomic mass is 16.1. The zero-order chi connectivity index (χ0) is 13.0. The van der Waals surface area contributed by atoms with E-state index in [1.165, 1.54) is 32.1 Å². The van der Waals surface area contributed by atoms with E-state index >= 15 is 0 Å². The minimum Gasteiger partial charge on any atom is -0.326 e. The first-order valence-electron chi connectivity index (χ1n) is 7.52. The molecule has 0 saturated heterocycles. The van der Waals surface area contributed by atoms with E-state index in [4.69, 9.17) is 5.73 Å². The largest absolute Gasteiger partial charge is 0.326 e. The molecule has 102 valence electrons. The van der Waals surface area contributed by atoms with Crippen LogP contribution in [0.25, 0.3) is 0 Å². The van der Waals surface area contributed by atoms with Crippen molar-refractivity contribution in [1.29, 1.82) is 0 Å². The van der Waals surface area contributed by atoms with Gasteiger partial charge in [-0.15, -0.1) is 0 Å². The lowest BCUT2D eigenvalue weighted by Crippen LogP contribution is -2.44. The maximum absolute atomic E-state index is 11.9. The zero-order valence-corrected chi connectivity index (χ0v) is 11.1. The Labute approximate surface area is 112 Å². The Morgan fingerprint density at radius 2 is 1.79 bits per heavy atom. The second kappa shape index (κ2) is 4.17. The van der Waals surface area contributed by atoms with Gasteiger partial charge >= 0.3 is 0 Å². The zero-order valence-electron chi connectivity index (χ0n) is 11.1. The molecule has 4 saturated carbocycles. The second-order valence-electron chi connectivity index (χ2n) is 6.76. The molecule has 19 heavy (non-hydrogen) atoms. The topological polar surface area (TPSA) is 71.8 Å². The van der Waals surface area contributed by atoms with Crippen molar-refractivity contribution in [3.8, 4) is 0 Å². The van der Waals surface area contributed by atoms with E-state index in [9.17, 15) is 4.79 Å². The molecule has 1 aromatic rings. The highest BCUT2D eigenvalue weighted by Crippen LogP contribution is 2.59. The molecule has 0 aliphatic heterocycles. The van der Waals surface area contributed by atoms with Crippen LogP contribution < -0.4 is 11.3 Å². The summed E-state index contributed by atoms with van der Waals surface area (Å²) >= 11 is 0. The maximum atomic E-state index is 11.9. The second-order valence-corrected chi connectivity index (χ2v) is 6.76. The van der Waals surface area contributed by atoms with Gasteiger partial charge in [-0.05, 0) is 55.8 Å². The van der Waals surface area contributed by atoms with Crippen molar-refractivity contribution < 1.29 is 0 Å². The molecule has 0 amide bonds. The van der Waals surface area contributed by atoms with Gasteiger partial charge in [0, 0.05) is 12.5 Å². The number of nitrogens with one attached hydrogen (secondary N) is 1. The SMILES string of the molecule is NCc1c(C2C3CC4CC(C3)CC2C4)nc[nH]c1=O. The molecule has 4 bridgehead atoms. The fourth-order valence-corrected chi connectivity index (χ4v) is 5.30. The van der Waals surface area contributed by atoms with Crippen LogP contribution in [0.1, 0.15) is 49.3 Å². The lowest BCUT2D eigenvalue weighted by atomic mass is 9.51. The number of nitrogens with two attached hydrogens (primary N) is 1. The normalized spacial score (nSPS) is 39.7. The number of H-pyrrole nitrogens is 1. The lowest BCUT2D eigenvalue weighted by molar-refractivity contribution is -0.00453. The summed E-state index contributed by atoms with van der Waals surface area (Å²) < 4.78 is 0. The van der Waals surface area contributed by atoms with Gasteiger partial charge in [-0.3, -0.25) is 4.79 Å². The number of aromatic amines is 1. The van der Waals surface area contributed by atoms with Gasteiger partial charge in [-0.2, -0.15) is 0 Å². The number of hydrogen-bond donors (Lipinski definition) is 2. The highest BCUT2D eigenvalue weighted by molar-refractivity contribution is 5.24. The minimum atomic E-state index is -0.0405. The van der Waals surface area contributed by atoms with Crippen molar-refractivity contribution in [2.24, 2.45) is 29.4 Å². The van der Waals surface area contributed by atoms with Crippen LogP contribution in [0.15, 0.2) is 11.1 Å². The van der Waals surface area contributed by atoms with E-state index in [1.807, 2.05) is 0 Å². The van der Waals surface area contributed by atoms with Gasteiger partial charge in [0.05, 0.1) is 17.6 Å². The highest BCUT2D eigenvalue weighted by Gasteiger charge is 2.49. The first-order valence-corrected chi connectivity index (χ1v) is 7.52. The van der Waals surface area contributed by atoms with Crippen molar-refractivity contribution in [2.75, 3.05) is 0 Å². The van der Waals surface area contributed by atoms with E-state index < -0.39 is 0 Å². The Morgan fingerprint density at radius 3 is 2.37 bits per heavy atom. The van der Waals surface area contributed by atoms with Crippen molar-refractivity contribution in [3.05, 3.63) is 27.9 Å². The summed E-state index contributed by atoms with van der Waals surface area (Å²) in [5, 5.41) is 0. The fourth-order valence-electron chi connectivity index (χ4n) is 5.30. The van der Waals surface area contributed by atoms with Crippen LogP contribution in [-0.4, -0.2) is 9.97 Å². The van der Waals surface area contributed by atoms with Crippen LogP contribution >= 0.6 is 0 Å². The number of rotatable bonds is 2. The van der Waals surface area contributed by atoms with Crippen LogP contribution in [0.4, 0.5) is 0 Å². The summed E-state index contributed by atoms with van der Waals surface area (Å²) in [5.41, 5.74) is 7.48. The van der Waals surface area contributed by atoms with Crippen molar-refractivity contribution in [3.63, 3.8) is 0 Å². The average molecular weight is 259 g/mol. The number of aromatic nitrogens is 2. The predicted molar refractivity (Wildman–Crippen MR) is 72.5 cm³/mol. The fraction of sp³-hybridized carbons (Fsp3) is 0.733. The number of hydrogen-bond acceptors (Lipinski definition) is 3. The van der Waals surface area contributed by atoms with Gasteiger partial charge in [0.1, 0.15) is 0 Å². The Balaban J connectivity index is 1.77. The summed E-state index contributed by atoms with van der Waals surface area (Å²) in [6.07, 6.45) is 8.38. The van der Waals surface area contributed by atoms with Gasteiger partial charge in [0.15, 0.2) is 0 Å². The first kappa shape index (κ1) is 11.6. The Bertz CT molecular complexity index is 523. The van der Waals surface area contributed by atoms with E-state index in [0.29, 0.717) is 12.5 Å². The molecule has 4 heteroatoms. The van der Waals surface area contributed by atoms with Gasteiger partial charge in [-0.25, -0.2) is 4.98 Å². The summed E-state index contributed by atoms with van der Waals surface area (Å²) in [6.45, 7) is 0.307. The van der Waals surface area contributed by atoms with E-state index in [0.717, 1.165) is 34.9 Å². The molecule has 1 aromatic heterocycles. The average Bonchev–Trinajstić information content (AvgIpc) is 2.37. The third-order valence-electron chi connectivity index (χ3n) is 5.73. The molecule has 4 nitrogen and oxygen atoms in total. The minimum absolute atomic E-state index is 0.0405. The Kier molecular flexibility index (Phi) is 2.56. The van der Waals surface area contributed by atoms with E-state index in [-0.39, 0.29) is 5.56 Å². The van der Waals surface area contributed by atoms with Gasteiger partial charge in [0.2, 0.25) is 0 Å². The van der Waals surface area contributed by atoms with Crippen LogP contribution in [0.5, 0.6) is 0 Å². The number of nitrogens with zero attached hydrogens (tertiary/aromatic N) is 1. The third kappa shape index (κ3) is 1.69. The smallest absolute Gasteiger partial charge is 0.255 e. The molecule has 5 rings (SSSR count).